The molecule has 2 aliphatic rings. The Kier molecular flexibility index (Phi) is 8.38. The van der Waals surface area contributed by atoms with Crippen molar-refractivity contribution in [3.05, 3.63) is 65.7 Å². The van der Waals surface area contributed by atoms with Gasteiger partial charge in [-0.3, -0.25) is 9.69 Å². The zero-order chi connectivity index (χ0) is 23.8. The van der Waals surface area contributed by atoms with Crippen molar-refractivity contribution in [2.24, 2.45) is 0 Å². The number of nitrogens with zero attached hydrogens (tertiary/aromatic N) is 3. The lowest BCUT2D eigenvalue weighted by molar-refractivity contribution is -0.0299. The van der Waals surface area contributed by atoms with Crippen LogP contribution in [0.1, 0.15) is 22.3 Å². The molecule has 0 radical (unpaired) electrons. The molecule has 1 unspecified atom stereocenters. The first kappa shape index (κ1) is 24.0. The van der Waals surface area contributed by atoms with Crippen LogP contribution in [0.15, 0.2) is 54.6 Å². The molecule has 8 nitrogen and oxygen atoms in total. The number of ether oxygens (including phenoxy) is 2. The Morgan fingerprint density at radius 3 is 2.68 bits per heavy atom. The second-order valence-corrected chi connectivity index (χ2v) is 8.76. The molecular formula is C26H34N4O4. The molecule has 0 spiro atoms. The highest BCUT2D eigenvalue weighted by Crippen LogP contribution is 2.16. The van der Waals surface area contributed by atoms with E-state index in [4.69, 9.17) is 9.47 Å². The van der Waals surface area contributed by atoms with Crippen LogP contribution in [-0.4, -0.2) is 92.3 Å². The minimum Gasteiger partial charge on any atom is -0.497 e. The SMILES string of the molecule is COc1cccc(C(=O)N2CCCN(CC3CN(C(=O)NCc4ccccc4)CCO3)CC2)c1. The summed E-state index contributed by atoms with van der Waals surface area (Å²) < 4.78 is 11.2. The van der Waals surface area contributed by atoms with Crippen molar-refractivity contribution >= 4 is 11.9 Å². The quantitative estimate of drug-likeness (QED) is 0.708. The van der Waals surface area contributed by atoms with Gasteiger partial charge in [-0.2, -0.15) is 0 Å². The van der Waals surface area contributed by atoms with Crippen LogP contribution in [-0.2, 0) is 11.3 Å². The van der Waals surface area contributed by atoms with Gasteiger partial charge in [-0.25, -0.2) is 4.79 Å². The molecule has 2 aromatic rings. The van der Waals surface area contributed by atoms with Gasteiger partial charge in [0.15, 0.2) is 0 Å². The van der Waals surface area contributed by atoms with Crippen molar-refractivity contribution in [1.82, 2.24) is 20.0 Å². The third kappa shape index (κ3) is 6.48. The molecule has 0 aliphatic carbocycles. The van der Waals surface area contributed by atoms with Gasteiger partial charge in [-0.1, -0.05) is 36.4 Å². The number of urea groups is 1. The lowest BCUT2D eigenvalue weighted by atomic mass is 10.2. The molecule has 0 saturated carbocycles. The minimum atomic E-state index is -0.0527. The predicted molar refractivity (Wildman–Crippen MR) is 130 cm³/mol. The highest BCUT2D eigenvalue weighted by molar-refractivity contribution is 5.94. The highest BCUT2D eigenvalue weighted by atomic mass is 16.5. The number of rotatable bonds is 6. The molecule has 182 valence electrons. The summed E-state index contributed by atoms with van der Waals surface area (Å²) in [4.78, 5) is 31.7. The van der Waals surface area contributed by atoms with Crippen molar-refractivity contribution in [2.75, 3.05) is 59.5 Å². The fourth-order valence-corrected chi connectivity index (χ4v) is 4.48. The summed E-state index contributed by atoms with van der Waals surface area (Å²) in [6, 6.07) is 17.2. The summed E-state index contributed by atoms with van der Waals surface area (Å²) in [6.07, 6.45) is 0.876. The van der Waals surface area contributed by atoms with Gasteiger partial charge in [0.25, 0.3) is 5.91 Å². The number of morpholine rings is 1. The van der Waals surface area contributed by atoms with Crippen molar-refractivity contribution in [3.8, 4) is 5.75 Å². The van der Waals surface area contributed by atoms with E-state index in [1.54, 1.807) is 13.2 Å². The van der Waals surface area contributed by atoms with Crippen molar-refractivity contribution in [3.63, 3.8) is 0 Å². The molecular weight excluding hydrogens is 432 g/mol. The molecule has 2 aromatic carbocycles. The van der Waals surface area contributed by atoms with Gasteiger partial charge in [0.05, 0.1) is 19.8 Å². The van der Waals surface area contributed by atoms with Gasteiger partial charge in [-0.05, 0) is 36.7 Å². The van der Waals surface area contributed by atoms with E-state index in [9.17, 15) is 9.59 Å². The maximum atomic E-state index is 13.0. The number of carbonyl (C=O) groups excluding carboxylic acids is 2. The van der Waals surface area contributed by atoms with E-state index >= 15 is 0 Å². The topological polar surface area (TPSA) is 74.4 Å². The third-order valence-corrected chi connectivity index (χ3v) is 6.37. The Hall–Kier alpha value is -3.10. The van der Waals surface area contributed by atoms with E-state index in [0.717, 1.165) is 38.2 Å². The second-order valence-electron chi connectivity index (χ2n) is 8.76. The summed E-state index contributed by atoms with van der Waals surface area (Å²) >= 11 is 0. The summed E-state index contributed by atoms with van der Waals surface area (Å²) in [6.45, 7) is 6.07. The zero-order valence-corrected chi connectivity index (χ0v) is 19.8. The molecule has 2 heterocycles. The molecule has 3 amide bonds. The third-order valence-electron chi connectivity index (χ3n) is 6.37. The molecule has 2 fully saturated rings. The molecule has 2 saturated heterocycles. The van der Waals surface area contributed by atoms with E-state index < -0.39 is 0 Å². The van der Waals surface area contributed by atoms with Gasteiger partial charge >= 0.3 is 6.03 Å². The summed E-state index contributed by atoms with van der Waals surface area (Å²) in [5.74, 6) is 0.727. The number of amides is 3. The van der Waals surface area contributed by atoms with Crippen molar-refractivity contribution in [2.45, 2.75) is 19.1 Å². The minimum absolute atomic E-state index is 0.0307. The van der Waals surface area contributed by atoms with Crippen LogP contribution < -0.4 is 10.1 Å². The van der Waals surface area contributed by atoms with E-state index in [1.165, 1.54) is 0 Å². The highest BCUT2D eigenvalue weighted by Gasteiger charge is 2.27. The molecule has 0 aromatic heterocycles. The first-order chi connectivity index (χ1) is 16.6. The molecule has 1 atom stereocenters. The lowest BCUT2D eigenvalue weighted by Crippen LogP contribution is -2.52. The number of nitrogens with one attached hydrogen (secondary N) is 1. The van der Waals surface area contributed by atoms with Crippen LogP contribution in [0.5, 0.6) is 5.75 Å². The zero-order valence-electron chi connectivity index (χ0n) is 19.8. The van der Waals surface area contributed by atoms with Gasteiger partial charge in [-0.15, -0.1) is 0 Å². The second kappa shape index (κ2) is 11.9. The van der Waals surface area contributed by atoms with Crippen LogP contribution in [0, 0.1) is 0 Å². The number of hydrogen-bond donors (Lipinski definition) is 1. The number of hydrogen-bond acceptors (Lipinski definition) is 5. The smallest absolute Gasteiger partial charge is 0.317 e. The van der Waals surface area contributed by atoms with E-state index in [1.807, 2.05) is 58.3 Å². The standard InChI is InChI=1S/C26H34N4O4/c1-33-23-10-5-9-22(17-23)25(31)29-12-6-11-28(13-14-29)19-24-20-30(15-16-34-24)26(32)27-18-21-7-3-2-4-8-21/h2-5,7-10,17,24H,6,11-16,18-20H2,1H3,(H,27,32). The normalized spacial score (nSPS) is 19.4. The van der Waals surface area contributed by atoms with Gasteiger partial charge in [0, 0.05) is 51.4 Å². The first-order valence-corrected chi connectivity index (χ1v) is 12.0. The van der Waals surface area contributed by atoms with Crippen LogP contribution in [0.2, 0.25) is 0 Å². The van der Waals surface area contributed by atoms with Crippen LogP contribution >= 0.6 is 0 Å². The monoisotopic (exact) mass is 466 g/mol. The maximum Gasteiger partial charge on any atom is 0.317 e. The molecule has 0 bridgehead atoms. The number of benzene rings is 2. The maximum absolute atomic E-state index is 13.0. The Bertz CT molecular complexity index is 955. The van der Waals surface area contributed by atoms with E-state index in [-0.39, 0.29) is 18.0 Å². The lowest BCUT2D eigenvalue weighted by Gasteiger charge is -2.35. The average molecular weight is 467 g/mol. The molecule has 2 aliphatic heterocycles. The summed E-state index contributed by atoms with van der Waals surface area (Å²) in [5, 5.41) is 3.01. The Morgan fingerprint density at radius 2 is 1.85 bits per heavy atom. The fourth-order valence-electron chi connectivity index (χ4n) is 4.48. The first-order valence-electron chi connectivity index (χ1n) is 12.0. The fraction of sp³-hybridized carbons (Fsp3) is 0.462. The number of carbonyl (C=O) groups is 2. The Labute approximate surface area is 201 Å². The van der Waals surface area contributed by atoms with Gasteiger partial charge in [0.1, 0.15) is 5.75 Å². The molecule has 34 heavy (non-hydrogen) atoms. The van der Waals surface area contributed by atoms with Crippen molar-refractivity contribution < 1.29 is 19.1 Å². The predicted octanol–water partition coefficient (Wildman–Crippen LogP) is 2.45. The van der Waals surface area contributed by atoms with E-state index in [2.05, 4.69) is 10.2 Å². The number of methoxy groups -OCH3 is 1. The summed E-state index contributed by atoms with van der Waals surface area (Å²) in [5.41, 5.74) is 1.74. The molecule has 1 N–H and O–H groups in total. The molecule has 4 rings (SSSR count). The Morgan fingerprint density at radius 1 is 1.00 bits per heavy atom. The van der Waals surface area contributed by atoms with Crippen LogP contribution in [0.4, 0.5) is 4.79 Å². The van der Waals surface area contributed by atoms with Crippen LogP contribution in [0.3, 0.4) is 0 Å². The summed E-state index contributed by atoms with van der Waals surface area (Å²) in [7, 11) is 1.61. The van der Waals surface area contributed by atoms with Gasteiger partial charge < -0.3 is 24.6 Å². The van der Waals surface area contributed by atoms with Crippen molar-refractivity contribution in [1.29, 1.82) is 0 Å². The van der Waals surface area contributed by atoms with Gasteiger partial charge in [0.2, 0.25) is 0 Å². The Balaban J connectivity index is 1.25. The van der Waals surface area contributed by atoms with E-state index in [0.29, 0.717) is 44.1 Å². The molecule has 8 heteroatoms. The largest absolute Gasteiger partial charge is 0.497 e. The average Bonchev–Trinajstić information content (AvgIpc) is 3.13. The van der Waals surface area contributed by atoms with Crippen LogP contribution in [0.25, 0.3) is 0 Å².